The largest absolute Gasteiger partial charge is 0.504 e. The van der Waals surface area contributed by atoms with Crippen molar-refractivity contribution in [3.8, 4) is 172 Å². The highest BCUT2D eigenvalue weighted by Crippen LogP contribution is 2.62. The zero-order valence-electron chi connectivity index (χ0n) is 66.2. The van der Waals surface area contributed by atoms with Crippen molar-refractivity contribution in [1.82, 2.24) is 0 Å². The standard InChI is InChI=1S/C82H58O53/c83-28-1-18(2-29(84)49(28)98)69(109)122-16-42-62(127-70(110)19-3-30(85)50(99)31(86)4-19)65(129-71(111)20-5-32(87)51(100)33(88)6-20)67(79(124-42)133-72(112)21-7-34(89)52(101)35(90)8-21)132-78(118)27-14-39(94)55(104)59(108)60(27)126-61-41(96)13-23-46(58(61)107)45-24(11-38(93)54(103)57(45)106)75(115)130-66-63-43(17-123-74(23)114)125-80(134-73(113)22-9-36(91)53(102)37(92)10-22)68(66)131-76(116)25-12-40(95)56(105)64-47(25)48-26(77(117)128-63)15-44(97)81(119,120)82(48,121)135-64/h1-15,42-43,48,62-63,65-68,79-80,83-96,98-108,119-121H,16-17H2/t42-,43-,48+,62-,63-,65+,66+,67-,68-,79+,80+,82-/m1/s1. The van der Waals surface area contributed by atoms with E-state index in [1.807, 2.05) is 0 Å². The van der Waals surface area contributed by atoms with Crippen LogP contribution in [0.5, 0.6) is 161 Å². The Morgan fingerprint density at radius 3 is 1.25 bits per heavy atom. The van der Waals surface area contributed by atoms with Crippen LogP contribution < -0.4 is 9.47 Å². The second kappa shape index (κ2) is 33.2. The first-order valence-electron chi connectivity index (χ1n) is 37.5. The molecule has 704 valence electrons. The van der Waals surface area contributed by atoms with Gasteiger partial charge in [0.2, 0.25) is 59.3 Å². The van der Waals surface area contributed by atoms with Gasteiger partial charge in [0.1, 0.15) is 31.0 Å². The first-order chi connectivity index (χ1) is 63.4. The van der Waals surface area contributed by atoms with E-state index in [1.54, 1.807) is 0 Å². The van der Waals surface area contributed by atoms with E-state index in [-0.39, 0.29) is 24.3 Å². The Bertz CT molecular complexity index is 6630. The van der Waals surface area contributed by atoms with Gasteiger partial charge < -0.3 is 209 Å². The molecule has 15 rings (SSSR count). The van der Waals surface area contributed by atoms with Crippen molar-refractivity contribution < 1.29 is 262 Å². The number of phenols is 25. The number of carbonyl (C=O) groups excluding carboxylic acids is 11. The van der Waals surface area contributed by atoms with Gasteiger partial charge in [-0.3, -0.25) is 4.79 Å². The molecule has 9 aromatic carbocycles. The third kappa shape index (κ3) is 15.5. The van der Waals surface area contributed by atoms with E-state index in [0.29, 0.717) is 66.7 Å². The van der Waals surface area contributed by atoms with Gasteiger partial charge >= 0.3 is 59.7 Å². The van der Waals surface area contributed by atoms with E-state index < -0.39 is 391 Å². The number of ketones is 1. The van der Waals surface area contributed by atoms with Gasteiger partial charge in [-0.2, -0.15) is 0 Å². The molecule has 0 saturated carbocycles. The van der Waals surface area contributed by atoms with Crippen molar-refractivity contribution in [2.45, 2.75) is 78.9 Å². The molecule has 0 spiro atoms. The van der Waals surface area contributed by atoms with E-state index in [9.17, 15) is 172 Å². The van der Waals surface area contributed by atoms with Crippen LogP contribution in [0, 0.1) is 0 Å². The number of hydrogen-bond acceptors (Lipinski definition) is 53. The fourth-order valence-electron chi connectivity index (χ4n) is 14.7. The normalized spacial score (nSPS) is 21.8. The van der Waals surface area contributed by atoms with Crippen molar-refractivity contribution in [1.29, 1.82) is 0 Å². The van der Waals surface area contributed by atoms with E-state index in [1.165, 1.54) is 0 Å². The number of cyclic esters (lactones) is 1. The molecular formula is C82H58O53. The van der Waals surface area contributed by atoms with Crippen molar-refractivity contribution in [3.05, 3.63) is 152 Å². The molecule has 135 heavy (non-hydrogen) atoms. The minimum Gasteiger partial charge on any atom is -0.504 e. The van der Waals surface area contributed by atoms with Crippen LogP contribution in [0.3, 0.4) is 0 Å². The monoisotopic (exact) mass is 1890 g/mol. The second-order valence-corrected chi connectivity index (χ2v) is 29.6. The average molecular weight is 1890 g/mol. The predicted octanol–water partition coefficient (Wildman–Crippen LogP) is 0.985. The summed E-state index contributed by atoms with van der Waals surface area (Å²) in [4.78, 5) is 163. The van der Waals surface area contributed by atoms with Gasteiger partial charge in [0.25, 0.3) is 11.6 Å². The summed E-state index contributed by atoms with van der Waals surface area (Å²) in [6, 6.07) is 4.58. The molecule has 6 aliphatic rings. The van der Waals surface area contributed by atoms with Crippen LogP contribution >= 0.6 is 0 Å². The van der Waals surface area contributed by atoms with Gasteiger partial charge in [-0.15, -0.1) is 0 Å². The number of esters is 10. The summed E-state index contributed by atoms with van der Waals surface area (Å²) >= 11 is 0. The van der Waals surface area contributed by atoms with Gasteiger partial charge in [-0.05, 0) is 84.9 Å². The van der Waals surface area contributed by atoms with Crippen molar-refractivity contribution in [2.75, 3.05) is 13.2 Å². The van der Waals surface area contributed by atoms with Crippen molar-refractivity contribution in [2.24, 2.45) is 0 Å². The Kier molecular flexibility index (Phi) is 22.4. The number of fused-ring (bicyclic) bond motifs is 3. The van der Waals surface area contributed by atoms with E-state index in [2.05, 4.69) is 0 Å². The number of rotatable bonds is 15. The van der Waals surface area contributed by atoms with Crippen molar-refractivity contribution >= 4 is 65.5 Å². The molecule has 0 radical (unpaired) electrons. The van der Waals surface area contributed by atoms with Crippen LogP contribution in [-0.2, 0) is 66.4 Å². The molecule has 0 amide bonds. The highest BCUT2D eigenvalue weighted by Gasteiger charge is 2.71. The molecule has 9 aromatic rings. The first kappa shape index (κ1) is 91.2. The lowest BCUT2D eigenvalue weighted by atomic mass is 9.74. The van der Waals surface area contributed by atoms with Gasteiger partial charge in [-0.1, -0.05) is 0 Å². The average Bonchev–Trinajstić information content (AvgIpc) is 1.53. The van der Waals surface area contributed by atoms with Crippen LogP contribution in [0.15, 0.2) is 96.6 Å². The third-order valence-electron chi connectivity index (χ3n) is 21.3. The number of benzene rings is 9. The molecule has 12 atom stereocenters. The van der Waals surface area contributed by atoms with Gasteiger partial charge in [0, 0.05) is 22.8 Å². The number of carbonyl (C=O) groups is 11. The SMILES string of the molecule is O=C1O[C@H]2[C@@H]3OC(=O)c4cc(O)c(O)c(O)c4-c4c(cc(O)c(Oc5c(C(=O)O[C@H]6[C@H](OC(=O)c7cc(O)c(O)c(O)c7)O[C@H](COC(=O)c7cc(O)c(O)c(O)c7)[C@@H](OC(=O)c7cc(O)c(O)c(O)c7)[C@@H]6OC(=O)c6cc(O)c(O)c(O)c6)cc(O)c(O)c5O)c4O)C(=O)OC[C@H]2O[C@@H](OC(=O)c2cc(O)c(O)c(O)c2)[C@@H]3OC(=O)c2cc(O)c(O)c3c2[C@@H]2C1=CC(=O)C(O)(O)[C@]2(O)O3. The number of phenolic OH excluding ortho intramolecular Hbond substituents is 25. The summed E-state index contributed by atoms with van der Waals surface area (Å²) in [5.74, 6) is -74.6. The molecular weight excluding hydrogens is 1830 g/mol. The molecule has 4 bridgehead atoms. The molecule has 2 fully saturated rings. The number of hydrogen-bond donors (Lipinski definition) is 28. The molecule has 53 heteroatoms. The van der Waals surface area contributed by atoms with E-state index in [4.69, 9.17) is 66.3 Å². The molecule has 5 aliphatic heterocycles. The maximum Gasteiger partial charge on any atom is 0.342 e. The van der Waals surface area contributed by atoms with Crippen LogP contribution in [0.25, 0.3) is 11.1 Å². The minimum absolute atomic E-state index is 0.0294. The molecule has 53 nitrogen and oxygen atoms in total. The lowest BCUT2D eigenvalue weighted by Crippen LogP contribution is -2.66. The number of ether oxygens (including phenoxy) is 14. The molecule has 1 aliphatic carbocycles. The van der Waals surface area contributed by atoms with Crippen LogP contribution in [0.1, 0.15) is 105 Å². The van der Waals surface area contributed by atoms with Gasteiger partial charge in [0.15, 0.2) is 157 Å². The first-order valence-corrected chi connectivity index (χ1v) is 37.5. The topological polar surface area (TPSA) is 883 Å². The van der Waals surface area contributed by atoms with Crippen LogP contribution in [0.2, 0.25) is 0 Å². The summed E-state index contributed by atoms with van der Waals surface area (Å²) in [5, 5.41) is 307. The zero-order valence-corrected chi connectivity index (χ0v) is 66.2. The lowest BCUT2D eigenvalue weighted by Gasteiger charge is -2.44. The highest BCUT2D eigenvalue weighted by atomic mass is 16.8. The van der Waals surface area contributed by atoms with E-state index >= 15 is 24.0 Å². The maximum atomic E-state index is 15.7. The second-order valence-electron chi connectivity index (χ2n) is 29.6. The minimum atomic E-state index is -4.21. The van der Waals surface area contributed by atoms with Gasteiger partial charge in [0.05, 0.1) is 56.0 Å². The molecule has 2 saturated heterocycles. The number of aliphatic hydroxyl groups is 3. The summed E-state index contributed by atoms with van der Waals surface area (Å²) in [7, 11) is 0. The summed E-state index contributed by atoms with van der Waals surface area (Å²) < 4.78 is 79.8. The molecule has 5 heterocycles. The molecule has 0 unspecified atom stereocenters. The van der Waals surface area contributed by atoms with Crippen molar-refractivity contribution in [3.63, 3.8) is 0 Å². The Balaban J connectivity index is 0.873. The molecule has 0 aromatic heterocycles. The Morgan fingerprint density at radius 1 is 0.348 bits per heavy atom. The zero-order chi connectivity index (χ0) is 98.3. The van der Waals surface area contributed by atoms with Gasteiger partial charge in [-0.25, -0.2) is 47.9 Å². The fourth-order valence-corrected chi connectivity index (χ4v) is 14.7. The quantitative estimate of drug-likeness (QED) is 0.0294. The smallest absolute Gasteiger partial charge is 0.342 e. The Morgan fingerprint density at radius 2 is 0.741 bits per heavy atom. The predicted molar refractivity (Wildman–Crippen MR) is 412 cm³/mol. The Hall–Kier alpha value is -18.5. The molecule has 28 N–H and O–H groups in total. The van der Waals surface area contributed by atoms with E-state index in [0.717, 1.165) is 0 Å². The summed E-state index contributed by atoms with van der Waals surface area (Å²) in [5.41, 5.74) is -16.6. The highest BCUT2D eigenvalue weighted by molar-refractivity contribution is 6.11. The van der Waals surface area contributed by atoms with Crippen LogP contribution in [-0.4, -0.2) is 295 Å². The third-order valence-corrected chi connectivity index (χ3v) is 21.3. The summed E-state index contributed by atoms with van der Waals surface area (Å²) in [6.07, 6.45) is -28.6. The summed E-state index contributed by atoms with van der Waals surface area (Å²) in [6.45, 7) is -3.24. The lowest BCUT2D eigenvalue weighted by molar-refractivity contribution is -0.323. The fraction of sp³-hybridized carbons (Fsp3) is 0.183. The van der Waals surface area contributed by atoms with Crippen LogP contribution in [0.4, 0.5) is 0 Å². The maximum absolute atomic E-state index is 15.7. The number of aromatic hydroxyl groups is 25. The Labute approximate surface area is 741 Å².